The lowest BCUT2D eigenvalue weighted by molar-refractivity contribution is -0.142. The molecule has 6 nitrogen and oxygen atoms in total. The minimum Gasteiger partial charge on any atom is -0.486 e. The van der Waals surface area contributed by atoms with E-state index in [2.05, 4.69) is 21.2 Å². The lowest BCUT2D eigenvalue weighted by atomic mass is 9.86. The summed E-state index contributed by atoms with van der Waals surface area (Å²) in [6.45, 7) is 1.03. The van der Waals surface area contributed by atoms with Gasteiger partial charge in [0.15, 0.2) is 11.5 Å². The van der Waals surface area contributed by atoms with E-state index in [1.807, 2.05) is 12.1 Å². The number of halogens is 1. The van der Waals surface area contributed by atoms with Crippen molar-refractivity contribution in [1.82, 2.24) is 5.32 Å². The molecule has 1 saturated carbocycles. The van der Waals surface area contributed by atoms with Crippen molar-refractivity contribution in [2.45, 2.75) is 38.1 Å². The summed E-state index contributed by atoms with van der Waals surface area (Å²) in [5.74, 6) is 0.273. The summed E-state index contributed by atoms with van der Waals surface area (Å²) in [5.41, 5.74) is 0.843. The molecule has 7 heteroatoms. The number of carbonyl (C=O) groups excluding carboxylic acids is 1. The molecule has 0 bridgehead atoms. The van der Waals surface area contributed by atoms with Crippen LogP contribution in [-0.2, 0) is 16.0 Å². The first-order valence-corrected chi connectivity index (χ1v) is 8.92. The fourth-order valence-corrected chi connectivity index (χ4v) is 3.64. The summed E-state index contributed by atoms with van der Waals surface area (Å²) in [4.78, 5) is 23.3. The van der Waals surface area contributed by atoms with Gasteiger partial charge in [-0.05, 0) is 43.4 Å². The second kappa shape index (κ2) is 7.42. The van der Waals surface area contributed by atoms with Gasteiger partial charge in [-0.25, -0.2) is 0 Å². The molecule has 0 atom stereocenters. The van der Waals surface area contributed by atoms with Gasteiger partial charge in [0.25, 0.3) is 0 Å². The molecule has 1 aliphatic carbocycles. The third-order valence-corrected chi connectivity index (χ3v) is 5.24. The van der Waals surface area contributed by atoms with Crippen molar-refractivity contribution in [3.63, 3.8) is 0 Å². The fourth-order valence-electron chi connectivity index (χ4n) is 3.18. The lowest BCUT2D eigenvalue weighted by Gasteiger charge is -2.27. The molecule has 0 spiro atoms. The van der Waals surface area contributed by atoms with Gasteiger partial charge in [-0.1, -0.05) is 15.9 Å². The lowest BCUT2D eigenvalue weighted by Crippen LogP contribution is -2.39. The number of fused-ring (bicyclic) bond motifs is 1. The number of rotatable bonds is 4. The number of carboxylic acid groups (broad SMARTS) is 1. The van der Waals surface area contributed by atoms with E-state index >= 15 is 0 Å². The predicted molar refractivity (Wildman–Crippen MR) is 90.4 cm³/mol. The summed E-state index contributed by atoms with van der Waals surface area (Å²) < 4.78 is 11.9. The van der Waals surface area contributed by atoms with Crippen LogP contribution in [-0.4, -0.2) is 36.2 Å². The van der Waals surface area contributed by atoms with Crippen molar-refractivity contribution in [3.05, 3.63) is 22.2 Å². The molecule has 1 amide bonds. The van der Waals surface area contributed by atoms with E-state index < -0.39 is 5.97 Å². The third kappa shape index (κ3) is 4.01. The van der Waals surface area contributed by atoms with Crippen LogP contribution < -0.4 is 14.8 Å². The zero-order valence-electron chi connectivity index (χ0n) is 13.2. The SMILES string of the molecule is O=C(Cc1cc2c(cc1Br)OCCO2)NC1CCC(C(=O)O)CC1. The van der Waals surface area contributed by atoms with Crippen LogP contribution in [0, 0.1) is 5.92 Å². The number of aliphatic carboxylic acids is 1. The smallest absolute Gasteiger partial charge is 0.306 e. The van der Waals surface area contributed by atoms with Crippen molar-refractivity contribution in [2.24, 2.45) is 5.92 Å². The van der Waals surface area contributed by atoms with Crippen molar-refractivity contribution in [3.8, 4) is 11.5 Å². The van der Waals surface area contributed by atoms with E-state index in [0.29, 0.717) is 50.4 Å². The molecule has 1 fully saturated rings. The van der Waals surface area contributed by atoms with Gasteiger partial charge in [0, 0.05) is 10.5 Å². The summed E-state index contributed by atoms with van der Waals surface area (Å²) in [6.07, 6.45) is 2.91. The number of hydrogen-bond donors (Lipinski definition) is 2. The van der Waals surface area contributed by atoms with Crippen LogP contribution in [0.15, 0.2) is 16.6 Å². The topological polar surface area (TPSA) is 84.9 Å². The minimum atomic E-state index is -0.736. The van der Waals surface area contributed by atoms with Crippen molar-refractivity contribution in [2.75, 3.05) is 13.2 Å². The number of amides is 1. The Morgan fingerprint density at radius 1 is 1.12 bits per heavy atom. The molecule has 2 N–H and O–H groups in total. The van der Waals surface area contributed by atoms with E-state index in [0.717, 1.165) is 10.0 Å². The average Bonchev–Trinajstić information content (AvgIpc) is 2.56. The van der Waals surface area contributed by atoms with E-state index in [-0.39, 0.29) is 24.3 Å². The largest absolute Gasteiger partial charge is 0.486 e. The van der Waals surface area contributed by atoms with Crippen LogP contribution in [0.2, 0.25) is 0 Å². The van der Waals surface area contributed by atoms with Gasteiger partial charge in [-0.2, -0.15) is 0 Å². The minimum absolute atomic E-state index is 0.0593. The Balaban J connectivity index is 1.56. The van der Waals surface area contributed by atoms with Gasteiger partial charge < -0.3 is 19.9 Å². The average molecular weight is 398 g/mol. The van der Waals surface area contributed by atoms with Crippen LogP contribution in [0.25, 0.3) is 0 Å². The molecule has 24 heavy (non-hydrogen) atoms. The Kier molecular flexibility index (Phi) is 5.28. The van der Waals surface area contributed by atoms with Crippen LogP contribution in [0.1, 0.15) is 31.2 Å². The van der Waals surface area contributed by atoms with Crippen LogP contribution in [0.5, 0.6) is 11.5 Å². The maximum Gasteiger partial charge on any atom is 0.306 e. The van der Waals surface area contributed by atoms with Gasteiger partial charge in [0.05, 0.1) is 12.3 Å². The quantitative estimate of drug-likeness (QED) is 0.815. The molecule has 130 valence electrons. The first kappa shape index (κ1) is 17.1. The molecule has 1 aliphatic heterocycles. The van der Waals surface area contributed by atoms with E-state index in [9.17, 15) is 9.59 Å². The molecule has 0 saturated heterocycles. The molecule has 0 radical (unpaired) electrons. The summed E-state index contributed by atoms with van der Waals surface area (Å²) in [5, 5.41) is 12.0. The zero-order chi connectivity index (χ0) is 17.1. The first-order chi connectivity index (χ1) is 11.5. The Morgan fingerprint density at radius 3 is 2.38 bits per heavy atom. The highest BCUT2D eigenvalue weighted by Crippen LogP contribution is 2.35. The maximum absolute atomic E-state index is 12.3. The molecule has 1 aromatic rings. The van der Waals surface area contributed by atoms with Crippen LogP contribution in [0.3, 0.4) is 0 Å². The Hall–Kier alpha value is -1.76. The Morgan fingerprint density at radius 2 is 1.75 bits per heavy atom. The summed E-state index contributed by atoms with van der Waals surface area (Å²) >= 11 is 3.47. The van der Waals surface area contributed by atoms with Gasteiger partial charge in [-0.3, -0.25) is 9.59 Å². The molecular formula is C17H20BrNO5. The van der Waals surface area contributed by atoms with Crippen molar-refractivity contribution < 1.29 is 24.2 Å². The highest BCUT2D eigenvalue weighted by atomic mass is 79.9. The molecule has 2 aliphatic rings. The van der Waals surface area contributed by atoms with Gasteiger partial charge in [-0.15, -0.1) is 0 Å². The highest BCUT2D eigenvalue weighted by molar-refractivity contribution is 9.10. The fraction of sp³-hybridized carbons (Fsp3) is 0.529. The summed E-state index contributed by atoms with van der Waals surface area (Å²) in [6, 6.07) is 3.72. The molecule has 3 rings (SSSR count). The van der Waals surface area contributed by atoms with Crippen molar-refractivity contribution in [1.29, 1.82) is 0 Å². The second-order valence-electron chi connectivity index (χ2n) is 6.22. The highest BCUT2D eigenvalue weighted by Gasteiger charge is 2.27. The number of carboxylic acids is 1. The molecule has 0 aromatic heterocycles. The summed E-state index contributed by atoms with van der Waals surface area (Å²) in [7, 11) is 0. The Bertz CT molecular complexity index is 640. The number of carbonyl (C=O) groups is 2. The molecule has 1 heterocycles. The van der Waals surface area contributed by atoms with Crippen LogP contribution in [0.4, 0.5) is 0 Å². The Labute approximate surface area is 148 Å². The van der Waals surface area contributed by atoms with Gasteiger partial charge in [0.2, 0.25) is 5.91 Å². The van der Waals surface area contributed by atoms with E-state index in [1.54, 1.807) is 0 Å². The maximum atomic E-state index is 12.3. The number of ether oxygens (including phenoxy) is 2. The number of hydrogen-bond acceptors (Lipinski definition) is 4. The van der Waals surface area contributed by atoms with Gasteiger partial charge in [0.1, 0.15) is 13.2 Å². The number of nitrogens with one attached hydrogen (secondary N) is 1. The normalized spacial score (nSPS) is 22.7. The molecule has 0 unspecified atom stereocenters. The second-order valence-corrected chi connectivity index (χ2v) is 7.07. The third-order valence-electron chi connectivity index (χ3n) is 4.50. The predicted octanol–water partition coefficient (Wildman–Crippen LogP) is 2.52. The monoisotopic (exact) mass is 397 g/mol. The van der Waals surface area contributed by atoms with E-state index in [1.165, 1.54) is 0 Å². The van der Waals surface area contributed by atoms with Crippen LogP contribution >= 0.6 is 15.9 Å². The van der Waals surface area contributed by atoms with Crippen molar-refractivity contribution >= 4 is 27.8 Å². The standard InChI is InChI=1S/C17H20BrNO5/c18-13-9-15-14(23-5-6-24-15)7-11(13)8-16(20)19-12-3-1-10(2-4-12)17(21)22/h7,9-10,12H,1-6,8H2,(H,19,20)(H,21,22). The van der Waals surface area contributed by atoms with Gasteiger partial charge >= 0.3 is 5.97 Å². The molecule has 1 aromatic carbocycles. The zero-order valence-corrected chi connectivity index (χ0v) is 14.8. The number of benzene rings is 1. The van der Waals surface area contributed by atoms with E-state index in [4.69, 9.17) is 14.6 Å². The first-order valence-electron chi connectivity index (χ1n) is 8.13. The molecular weight excluding hydrogens is 378 g/mol.